The van der Waals surface area contributed by atoms with Crippen molar-refractivity contribution in [2.24, 2.45) is 5.84 Å². The van der Waals surface area contributed by atoms with Crippen LogP contribution in [0, 0.1) is 0 Å². The molecule has 4 bridgehead atoms. The van der Waals surface area contributed by atoms with Crippen molar-refractivity contribution in [3.8, 4) is 0 Å². The zero-order valence-electron chi connectivity index (χ0n) is 23.5. The van der Waals surface area contributed by atoms with Gasteiger partial charge in [0, 0.05) is 0 Å². The summed E-state index contributed by atoms with van der Waals surface area (Å²) < 4.78 is 50.8. The van der Waals surface area contributed by atoms with Crippen molar-refractivity contribution in [2.45, 2.75) is 122 Å². The van der Waals surface area contributed by atoms with Gasteiger partial charge < -0.3 is 93.7 Å². The molecule has 260 valence electrons. The topological polar surface area (TPSA) is 323 Å². The maximum atomic E-state index is 11.2. The molecule has 0 spiro atoms. The van der Waals surface area contributed by atoms with Gasteiger partial charge in [0.05, 0.1) is 26.4 Å². The molecule has 45 heavy (non-hydrogen) atoms. The quantitative estimate of drug-likeness (QED) is 0.0620. The van der Waals surface area contributed by atoms with Gasteiger partial charge in [-0.2, -0.15) is 0 Å². The summed E-state index contributed by atoms with van der Waals surface area (Å²) in [6.45, 7) is -1.72. The van der Waals surface area contributed by atoms with E-state index in [1.807, 2.05) is 0 Å². The fourth-order valence-corrected chi connectivity index (χ4v) is 6.51. The van der Waals surface area contributed by atoms with E-state index in [0.717, 1.165) is 0 Å². The van der Waals surface area contributed by atoms with Crippen LogP contribution in [0.1, 0.15) is 0 Å². The van der Waals surface area contributed by atoms with Crippen molar-refractivity contribution in [1.29, 1.82) is 0 Å². The highest BCUT2D eigenvalue weighted by Gasteiger charge is 2.62. The van der Waals surface area contributed by atoms with Crippen LogP contribution in [0.15, 0.2) is 0 Å². The summed E-state index contributed by atoms with van der Waals surface area (Å²) in [6.07, 6.45) is -27.5. The van der Waals surface area contributed by atoms with Gasteiger partial charge in [-0.15, -0.1) is 0 Å². The molecule has 6 aliphatic rings. The molecule has 0 aromatic rings. The van der Waals surface area contributed by atoms with Gasteiger partial charge in [-0.1, -0.05) is 0 Å². The number of aliphatic hydroxyl groups excluding tert-OH is 10. The van der Waals surface area contributed by atoms with Crippen LogP contribution in [0.5, 0.6) is 0 Å². The maximum absolute atomic E-state index is 11.2. The lowest BCUT2D eigenvalue weighted by Crippen LogP contribution is -2.75. The maximum Gasteiger partial charge on any atom is 0.271 e. The first-order valence-corrected chi connectivity index (χ1v) is 14.4. The number of fused-ring (bicyclic) bond motifs is 4. The molecule has 6 rings (SSSR count). The molecule has 0 radical (unpaired) electrons. The van der Waals surface area contributed by atoms with Gasteiger partial charge in [-0.25, -0.2) is 5.43 Å². The van der Waals surface area contributed by atoms with Crippen molar-refractivity contribution in [3.05, 3.63) is 0 Å². The SMILES string of the molecule is NN[C@]1(O[C@@H]2[C@H]3OC[C@@H]2O[C@@H](O[C@@H]2[C@@H](O)[C@H](O[C@@H]4[C@H]5OC[C@@H]4O[C@@H](O)[C@H]5O)O[C@H](CO)[C@H]2O)[C@H]3O)O[C@H](CO)[C@H](O)[C@H](O)[C@H]1O. The van der Waals surface area contributed by atoms with E-state index in [4.69, 9.17) is 48.5 Å². The lowest BCUT2D eigenvalue weighted by molar-refractivity contribution is -0.408. The smallest absolute Gasteiger partial charge is 0.271 e. The molecule has 0 aliphatic carbocycles. The van der Waals surface area contributed by atoms with E-state index in [2.05, 4.69) is 5.43 Å². The van der Waals surface area contributed by atoms with E-state index >= 15 is 0 Å². The third-order valence-corrected chi connectivity index (χ3v) is 9.02. The van der Waals surface area contributed by atoms with Gasteiger partial charge in [0.2, 0.25) is 0 Å². The van der Waals surface area contributed by atoms with Gasteiger partial charge in [-0.05, 0) is 0 Å². The second-order valence-corrected chi connectivity index (χ2v) is 11.8. The largest absolute Gasteiger partial charge is 0.394 e. The van der Waals surface area contributed by atoms with Crippen LogP contribution in [0.4, 0.5) is 0 Å². The molecule has 0 aromatic carbocycles. The van der Waals surface area contributed by atoms with Crippen molar-refractivity contribution in [3.63, 3.8) is 0 Å². The molecule has 6 saturated heterocycles. The first kappa shape index (κ1) is 34.0. The van der Waals surface area contributed by atoms with E-state index in [1.54, 1.807) is 0 Å². The second kappa shape index (κ2) is 13.2. The number of nitrogens with one attached hydrogen (secondary N) is 1. The van der Waals surface area contributed by atoms with Crippen LogP contribution >= 0.6 is 0 Å². The van der Waals surface area contributed by atoms with Crippen molar-refractivity contribution in [2.75, 3.05) is 26.4 Å². The first-order valence-electron chi connectivity index (χ1n) is 14.4. The van der Waals surface area contributed by atoms with Crippen molar-refractivity contribution < 1.29 is 93.7 Å². The van der Waals surface area contributed by atoms with E-state index in [-0.39, 0.29) is 13.2 Å². The Hall–Kier alpha value is -0.840. The molecule has 6 fully saturated rings. The monoisotopic (exact) mass is 660 g/mol. The number of rotatable bonds is 9. The van der Waals surface area contributed by atoms with E-state index < -0.39 is 136 Å². The fraction of sp³-hybridized carbons (Fsp3) is 1.00. The van der Waals surface area contributed by atoms with Gasteiger partial charge in [0.25, 0.3) is 5.91 Å². The first-order chi connectivity index (χ1) is 21.4. The third-order valence-electron chi connectivity index (χ3n) is 9.02. The van der Waals surface area contributed by atoms with Crippen LogP contribution in [0.25, 0.3) is 0 Å². The molecule has 0 aromatic heterocycles. The summed E-state index contributed by atoms with van der Waals surface area (Å²) in [4.78, 5) is 0. The summed E-state index contributed by atoms with van der Waals surface area (Å²) in [6, 6.07) is 0. The minimum absolute atomic E-state index is 0.0321. The molecule has 0 unspecified atom stereocenters. The number of hydrazine groups is 1. The highest BCUT2D eigenvalue weighted by Crippen LogP contribution is 2.40. The molecule has 21 heteroatoms. The van der Waals surface area contributed by atoms with Crippen LogP contribution in [0.3, 0.4) is 0 Å². The Morgan fingerprint density at radius 2 is 1.24 bits per heavy atom. The molecule has 21 nitrogen and oxygen atoms in total. The predicted molar refractivity (Wildman–Crippen MR) is 133 cm³/mol. The normalized spacial score (nSPS) is 56.5. The average Bonchev–Trinajstić information content (AvgIpc) is 3.52. The highest BCUT2D eigenvalue weighted by molar-refractivity contribution is 5.03. The standard InChI is InChI=1S/C24H40N2O19/c25-26-24(20(35)11(31)9(29)6(2-28)44-24)45-16-8-4-38-19(16)14(34)23(41-8)43-17-10(30)5(1-27)40-22(13(17)33)42-15-7-3-37-18(15)12(32)21(36)39-7/h5-23,26-36H,1-4,25H2/t5-,6-,7+,8+,9+,10-,11+,12+,13-,14+,15+,16+,17+,18+,19+,20-,21-,22+,23+,24+/m1/s1. The molecule has 0 saturated carbocycles. The number of ether oxygens (including phenoxy) is 9. The van der Waals surface area contributed by atoms with Crippen molar-refractivity contribution in [1.82, 2.24) is 5.43 Å². The molecule has 6 heterocycles. The summed E-state index contributed by atoms with van der Waals surface area (Å²) in [7, 11) is 0. The number of hydrogen-bond acceptors (Lipinski definition) is 21. The molecular weight excluding hydrogens is 620 g/mol. The van der Waals surface area contributed by atoms with Crippen LogP contribution in [-0.4, -0.2) is 200 Å². The lowest BCUT2D eigenvalue weighted by Gasteiger charge is -2.50. The summed E-state index contributed by atoms with van der Waals surface area (Å²) in [5.74, 6) is 3.21. The molecule has 0 amide bonds. The van der Waals surface area contributed by atoms with Gasteiger partial charge in [-0.3, -0.25) is 5.84 Å². The molecular formula is C24H40N2O19. The fourth-order valence-electron chi connectivity index (χ4n) is 6.51. The van der Waals surface area contributed by atoms with Gasteiger partial charge in [0.1, 0.15) is 91.6 Å². The Kier molecular flexibility index (Phi) is 10.0. The highest BCUT2D eigenvalue weighted by atomic mass is 16.8. The number of hydrogen-bond donors (Lipinski definition) is 12. The molecule has 13 N–H and O–H groups in total. The molecule has 20 atom stereocenters. The average molecular weight is 661 g/mol. The Balaban J connectivity index is 1.15. The summed E-state index contributed by atoms with van der Waals surface area (Å²) in [5, 5.41) is 104. The van der Waals surface area contributed by atoms with E-state index in [0.29, 0.717) is 0 Å². The van der Waals surface area contributed by atoms with Crippen molar-refractivity contribution >= 4 is 0 Å². The summed E-state index contributed by atoms with van der Waals surface area (Å²) >= 11 is 0. The Morgan fingerprint density at radius 3 is 1.89 bits per heavy atom. The van der Waals surface area contributed by atoms with E-state index in [9.17, 15) is 51.1 Å². The number of nitrogens with two attached hydrogens (primary N) is 1. The zero-order valence-corrected chi connectivity index (χ0v) is 23.5. The zero-order chi connectivity index (χ0) is 32.4. The number of aliphatic hydroxyl groups is 10. The Morgan fingerprint density at radius 1 is 0.644 bits per heavy atom. The Labute approximate surface area is 254 Å². The van der Waals surface area contributed by atoms with Crippen LogP contribution < -0.4 is 11.3 Å². The lowest BCUT2D eigenvalue weighted by atomic mass is 9.95. The van der Waals surface area contributed by atoms with Gasteiger partial charge in [0.15, 0.2) is 25.0 Å². The third kappa shape index (κ3) is 5.81. The van der Waals surface area contributed by atoms with Crippen LogP contribution in [0.2, 0.25) is 0 Å². The summed E-state index contributed by atoms with van der Waals surface area (Å²) in [5.41, 5.74) is 2.10. The second-order valence-electron chi connectivity index (χ2n) is 11.8. The van der Waals surface area contributed by atoms with E-state index in [1.165, 1.54) is 0 Å². The molecule has 6 aliphatic heterocycles. The Bertz CT molecular complexity index is 1020. The minimum Gasteiger partial charge on any atom is -0.394 e. The predicted octanol–water partition coefficient (Wildman–Crippen LogP) is -8.87. The van der Waals surface area contributed by atoms with Crippen LogP contribution in [-0.2, 0) is 42.6 Å². The van der Waals surface area contributed by atoms with Gasteiger partial charge >= 0.3 is 0 Å². The minimum atomic E-state index is -2.39.